The van der Waals surface area contributed by atoms with E-state index in [1.165, 1.54) is 50.1 Å². The van der Waals surface area contributed by atoms with Gasteiger partial charge in [0.05, 0.1) is 0 Å². The fourth-order valence-electron chi connectivity index (χ4n) is 7.50. The van der Waals surface area contributed by atoms with E-state index in [4.69, 9.17) is 4.42 Å². The van der Waals surface area contributed by atoms with Crippen molar-refractivity contribution in [1.29, 1.82) is 0 Å². The smallest absolute Gasteiger partial charge is 0.143 e. The van der Waals surface area contributed by atoms with Crippen LogP contribution >= 0.6 is 0 Å². The van der Waals surface area contributed by atoms with Crippen LogP contribution in [0.25, 0.3) is 77.6 Å². The van der Waals surface area contributed by atoms with Crippen molar-refractivity contribution in [3.05, 3.63) is 169 Å². The maximum atomic E-state index is 6.87. The Morgan fingerprint density at radius 2 is 0.826 bits per heavy atom. The van der Waals surface area contributed by atoms with Gasteiger partial charge >= 0.3 is 0 Å². The molecule has 1 heteroatoms. The van der Waals surface area contributed by atoms with Crippen LogP contribution in [-0.4, -0.2) is 0 Å². The number of furan rings is 1. The summed E-state index contributed by atoms with van der Waals surface area (Å²) in [7, 11) is 0. The predicted octanol–water partition coefficient (Wildman–Crippen LogP) is 12.6. The molecule has 0 radical (unpaired) electrons. The first-order valence-electron chi connectivity index (χ1n) is 16.0. The minimum Gasteiger partial charge on any atom is -0.455 e. The molecular weight excluding hydrogens is 556 g/mol. The van der Waals surface area contributed by atoms with E-state index in [9.17, 15) is 0 Å². The molecule has 9 rings (SSSR count). The second kappa shape index (κ2) is 10.2. The standard InChI is InChI=1S/C45H32O/c1-45(2)41-20-7-6-15-37(41)38-26-25-34(28-42(38)45)36-17-10-19-40-39-18-9-16-35(43(39)46-44(36)40)33-14-8-13-32(27-33)31-23-21-30(22-24-31)29-11-4-3-5-12-29/h3-28H,1-2H3. The van der Waals surface area contributed by atoms with Crippen molar-refractivity contribution in [3.63, 3.8) is 0 Å². The van der Waals surface area contributed by atoms with Gasteiger partial charge in [-0.2, -0.15) is 0 Å². The first-order valence-corrected chi connectivity index (χ1v) is 16.0. The highest BCUT2D eigenvalue weighted by molar-refractivity contribution is 6.13. The topological polar surface area (TPSA) is 13.1 Å². The monoisotopic (exact) mass is 588 g/mol. The van der Waals surface area contributed by atoms with Gasteiger partial charge in [-0.05, 0) is 67.8 Å². The normalized spacial score (nSPS) is 13.2. The average molecular weight is 589 g/mol. The van der Waals surface area contributed by atoms with Crippen LogP contribution in [0.5, 0.6) is 0 Å². The lowest BCUT2D eigenvalue weighted by molar-refractivity contribution is 0.660. The molecule has 1 aromatic heterocycles. The Hall–Kier alpha value is -5.66. The van der Waals surface area contributed by atoms with Crippen molar-refractivity contribution in [2.24, 2.45) is 0 Å². The van der Waals surface area contributed by atoms with Crippen molar-refractivity contribution in [2.75, 3.05) is 0 Å². The molecule has 0 fully saturated rings. The molecular formula is C45H32O. The van der Waals surface area contributed by atoms with Gasteiger partial charge in [-0.3, -0.25) is 0 Å². The van der Waals surface area contributed by atoms with Gasteiger partial charge in [0.1, 0.15) is 11.2 Å². The Balaban J connectivity index is 1.13. The van der Waals surface area contributed by atoms with Crippen LogP contribution in [0.1, 0.15) is 25.0 Å². The van der Waals surface area contributed by atoms with Crippen molar-refractivity contribution in [3.8, 4) is 55.6 Å². The Morgan fingerprint density at radius 3 is 1.54 bits per heavy atom. The minimum atomic E-state index is -0.0518. The number of fused-ring (bicyclic) bond motifs is 6. The van der Waals surface area contributed by atoms with Crippen LogP contribution in [0.15, 0.2) is 162 Å². The first kappa shape index (κ1) is 26.7. The molecule has 0 atom stereocenters. The highest BCUT2D eigenvalue weighted by Crippen LogP contribution is 2.50. The van der Waals surface area contributed by atoms with E-state index in [0.29, 0.717) is 0 Å². The number of hydrogen-bond donors (Lipinski definition) is 0. The molecule has 1 aliphatic carbocycles. The second-order valence-electron chi connectivity index (χ2n) is 12.9. The zero-order valence-electron chi connectivity index (χ0n) is 25.9. The summed E-state index contributed by atoms with van der Waals surface area (Å²) in [6, 6.07) is 57.0. The third-order valence-corrected chi connectivity index (χ3v) is 9.92. The fourth-order valence-corrected chi connectivity index (χ4v) is 7.50. The zero-order valence-corrected chi connectivity index (χ0v) is 25.9. The van der Waals surface area contributed by atoms with Crippen LogP contribution in [0.4, 0.5) is 0 Å². The molecule has 46 heavy (non-hydrogen) atoms. The Kier molecular flexibility index (Phi) is 5.92. The summed E-state index contributed by atoms with van der Waals surface area (Å²) in [5, 5.41) is 2.28. The van der Waals surface area contributed by atoms with E-state index in [2.05, 4.69) is 172 Å². The van der Waals surface area contributed by atoms with Gasteiger partial charge in [0.2, 0.25) is 0 Å². The van der Waals surface area contributed by atoms with E-state index >= 15 is 0 Å². The van der Waals surface area contributed by atoms with E-state index in [0.717, 1.165) is 38.6 Å². The third-order valence-electron chi connectivity index (χ3n) is 9.92. The highest BCUT2D eigenvalue weighted by Gasteiger charge is 2.35. The predicted molar refractivity (Wildman–Crippen MR) is 193 cm³/mol. The van der Waals surface area contributed by atoms with Crippen LogP contribution in [-0.2, 0) is 5.41 Å². The molecule has 218 valence electrons. The highest BCUT2D eigenvalue weighted by atomic mass is 16.3. The Bertz CT molecular complexity index is 2420. The summed E-state index contributed by atoms with van der Waals surface area (Å²) in [6.45, 7) is 4.67. The molecule has 0 amide bonds. The lowest BCUT2D eigenvalue weighted by Gasteiger charge is -2.22. The average Bonchev–Trinajstić information content (AvgIpc) is 3.61. The van der Waals surface area contributed by atoms with Crippen LogP contribution in [0.3, 0.4) is 0 Å². The second-order valence-corrected chi connectivity index (χ2v) is 12.9. The molecule has 1 nitrogen and oxygen atoms in total. The Morgan fingerprint density at radius 1 is 0.348 bits per heavy atom. The summed E-state index contributed by atoms with van der Waals surface area (Å²) < 4.78 is 6.87. The van der Waals surface area contributed by atoms with E-state index < -0.39 is 0 Å². The molecule has 7 aromatic carbocycles. The summed E-state index contributed by atoms with van der Waals surface area (Å²) in [4.78, 5) is 0. The van der Waals surface area contributed by atoms with E-state index in [1.807, 2.05) is 0 Å². The van der Waals surface area contributed by atoms with Crippen molar-refractivity contribution in [2.45, 2.75) is 19.3 Å². The van der Waals surface area contributed by atoms with Crippen molar-refractivity contribution in [1.82, 2.24) is 0 Å². The number of rotatable bonds is 4. The molecule has 1 heterocycles. The van der Waals surface area contributed by atoms with Gasteiger partial charge in [0.15, 0.2) is 0 Å². The third kappa shape index (κ3) is 4.09. The SMILES string of the molecule is CC1(C)c2ccccc2-c2ccc(-c3cccc4c3oc3c(-c5cccc(-c6ccc(-c7ccccc7)cc6)c5)cccc34)cc21. The van der Waals surface area contributed by atoms with Crippen molar-refractivity contribution >= 4 is 21.9 Å². The lowest BCUT2D eigenvalue weighted by Crippen LogP contribution is -2.14. The van der Waals surface area contributed by atoms with Gasteiger partial charge in [-0.15, -0.1) is 0 Å². The molecule has 0 spiro atoms. The quantitative estimate of drug-likeness (QED) is 0.199. The van der Waals surface area contributed by atoms with Gasteiger partial charge in [-0.1, -0.05) is 159 Å². The summed E-state index contributed by atoms with van der Waals surface area (Å²) in [5.41, 5.74) is 16.6. The van der Waals surface area contributed by atoms with Gasteiger partial charge < -0.3 is 4.42 Å². The number of para-hydroxylation sites is 2. The van der Waals surface area contributed by atoms with Crippen LogP contribution < -0.4 is 0 Å². The number of hydrogen-bond acceptors (Lipinski definition) is 1. The van der Waals surface area contributed by atoms with E-state index in [1.54, 1.807) is 0 Å². The maximum absolute atomic E-state index is 6.87. The van der Waals surface area contributed by atoms with Crippen molar-refractivity contribution < 1.29 is 4.42 Å². The van der Waals surface area contributed by atoms with Gasteiger partial charge in [-0.25, -0.2) is 0 Å². The summed E-state index contributed by atoms with van der Waals surface area (Å²) in [6.07, 6.45) is 0. The summed E-state index contributed by atoms with van der Waals surface area (Å²) in [5.74, 6) is 0. The minimum absolute atomic E-state index is 0.0518. The molecule has 0 N–H and O–H groups in total. The van der Waals surface area contributed by atoms with Crippen LogP contribution in [0, 0.1) is 0 Å². The maximum Gasteiger partial charge on any atom is 0.143 e. The molecule has 8 aromatic rings. The zero-order chi connectivity index (χ0) is 30.8. The number of benzene rings is 7. The van der Waals surface area contributed by atoms with Gasteiger partial charge in [0, 0.05) is 27.3 Å². The van der Waals surface area contributed by atoms with Gasteiger partial charge in [0.25, 0.3) is 0 Å². The fraction of sp³-hybridized carbons (Fsp3) is 0.0667. The van der Waals surface area contributed by atoms with Crippen LogP contribution in [0.2, 0.25) is 0 Å². The molecule has 0 aliphatic heterocycles. The molecule has 0 saturated carbocycles. The molecule has 0 unspecified atom stereocenters. The first-order chi connectivity index (χ1) is 22.6. The molecule has 0 saturated heterocycles. The molecule has 1 aliphatic rings. The van der Waals surface area contributed by atoms with E-state index in [-0.39, 0.29) is 5.41 Å². The Labute approximate surface area is 269 Å². The lowest BCUT2D eigenvalue weighted by atomic mass is 9.81. The molecule has 0 bridgehead atoms. The summed E-state index contributed by atoms with van der Waals surface area (Å²) >= 11 is 0. The largest absolute Gasteiger partial charge is 0.455 e.